The Morgan fingerprint density at radius 2 is 2.00 bits per heavy atom. The van der Waals surface area contributed by atoms with Gasteiger partial charge >= 0.3 is 0 Å². The van der Waals surface area contributed by atoms with Gasteiger partial charge in [-0.15, -0.1) is 0 Å². The number of anilines is 1. The number of carbonyl (C=O) groups is 1. The summed E-state index contributed by atoms with van der Waals surface area (Å²) < 4.78 is 13.2. The van der Waals surface area contributed by atoms with Crippen molar-refractivity contribution in [1.82, 2.24) is 4.90 Å². The van der Waals surface area contributed by atoms with Crippen LogP contribution in [-0.2, 0) is 11.3 Å². The lowest BCUT2D eigenvalue weighted by molar-refractivity contribution is -0.118. The minimum atomic E-state index is -1.04. The highest BCUT2D eigenvalue weighted by atomic mass is 19.1. The molecule has 0 aliphatic rings. The van der Waals surface area contributed by atoms with E-state index in [1.165, 1.54) is 18.2 Å². The van der Waals surface area contributed by atoms with E-state index >= 15 is 0 Å². The molecule has 128 valence electrons. The van der Waals surface area contributed by atoms with Crippen LogP contribution < -0.4 is 5.32 Å². The molecular weight excluding hydrogens is 307 g/mol. The summed E-state index contributed by atoms with van der Waals surface area (Å²) >= 11 is 0. The molecule has 0 aromatic heterocycles. The summed E-state index contributed by atoms with van der Waals surface area (Å²) in [5.74, 6) is -0.741. The van der Waals surface area contributed by atoms with Gasteiger partial charge in [0.1, 0.15) is 5.82 Å². The monoisotopic (exact) mass is 330 g/mol. The van der Waals surface area contributed by atoms with Gasteiger partial charge in [-0.1, -0.05) is 29.8 Å². The molecule has 2 aromatic carbocycles. The first-order valence-corrected chi connectivity index (χ1v) is 7.83. The molecule has 1 unspecified atom stereocenters. The van der Waals surface area contributed by atoms with Crippen LogP contribution in [-0.4, -0.2) is 30.0 Å². The average molecular weight is 330 g/mol. The highest BCUT2D eigenvalue weighted by molar-refractivity contribution is 5.92. The Labute approximate surface area is 141 Å². The molecule has 0 heterocycles. The second-order valence-corrected chi connectivity index (χ2v) is 6.22. The van der Waals surface area contributed by atoms with Crippen molar-refractivity contribution < 1.29 is 14.3 Å². The predicted octanol–water partition coefficient (Wildman–Crippen LogP) is 3.26. The molecule has 0 aliphatic heterocycles. The summed E-state index contributed by atoms with van der Waals surface area (Å²) in [5.41, 5.74) is 3.24. The van der Waals surface area contributed by atoms with Crippen LogP contribution in [0.5, 0.6) is 0 Å². The fourth-order valence-corrected chi connectivity index (χ4v) is 2.52. The van der Waals surface area contributed by atoms with Gasteiger partial charge in [0.25, 0.3) is 0 Å². The molecule has 0 fully saturated rings. The summed E-state index contributed by atoms with van der Waals surface area (Å²) in [6.45, 7) is 2.70. The first-order chi connectivity index (χ1) is 11.3. The predicted molar refractivity (Wildman–Crippen MR) is 93.2 cm³/mol. The Kier molecular flexibility index (Phi) is 6.06. The van der Waals surface area contributed by atoms with Crippen LogP contribution in [0.15, 0.2) is 42.5 Å². The van der Waals surface area contributed by atoms with Gasteiger partial charge in [-0.3, -0.25) is 4.79 Å². The van der Waals surface area contributed by atoms with E-state index < -0.39 is 11.9 Å². The molecule has 0 saturated heterocycles. The number of aliphatic hydroxyl groups is 1. The first-order valence-electron chi connectivity index (χ1n) is 7.83. The van der Waals surface area contributed by atoms with Crippen LogP contribution in [0.4, 0.5) is 10.1 Å². The highest BCUT2D eigenvalue weighted by Gasteiger charge is 2.15. The molecule has 24 heavy (non-hydrogen) atoms. The van der Waals surface area contributed by atoms with Crippen LogP contribution >= 0.6 is 0 Å². The molecule has 5 heteroatoms. The number of amides is 1. The fourth-order valence-electron chi connectivity index (χ4n) is 2.52. The number of hydrogen-bond donors (Lipinski definition) is 2. The van der Waals surface area contributed by atoms with Gasteiger partial charge in [-0.2, -0.15) is 0 Å². The highest BCUT2D eigenvalue weighted by Crippen LogP contribution is 2.22. The van der Waals surface area contributed by atoms with Crippen molar-refractivity contribution in [2.24, 2.45) is 0 Å². The fraction of sp³-hybridized carbons (Fsp3) is 0.316. The van der Waals surface area contributed by atoms with Gasteiger partial charge < -0.3 is 15.3 Å². The molecule has 0 radical (unpaired) electrons. The van der Waals surface area contributed by atoms with Crippen molar-refractivity contribution in [2.75, 3.05) is 19.4 Å². The Bertz CT molecular complexity index is 716. The summed E-state index contributed by atoms with van der Waals surface area (Å²) in [7, 11) is 3.92. The second kappa shape index (κ2) is 8.04. The van der Waals surface area contributed by atoms with Crippen LogP contribution in [0, 0.1) is 12.7 Å². The molecule has 2 rings (SSSR count). The smallest absolute Gasteiger partial charge is 0.227 e. The van der Waals surface area contributed by atoms with E-state index in [0.717, 1.165) is 16.8 Å². The number of nitrogens with one attached hydrogen (secondary N) is 1. The topological polar surface area (TPSA) is 52.6 Å². The molecule has 2 N–H and O–H groups in total. The summed E-state index contributed by atoms with van der Waals surface area (Å²) in [5, 5.41) is 13.0. The lowest BCUT2D eigenvalue weighted by atomic mass is 10.1. The third-order valence-corrected chi connectivity index (χ3v) is 3.63. The van der Waals surface area contributed by atoms with Crippen LogP contribution in [0.2, 0.25) is 0 Å². The minimum absolute atomic E-state index is 0.126. The van der Waals surface area contributed by atoms with E-state index in [0.29, 0.717) is 12.1 Å². The van der Waals surface area contributed by atoms with Gasteiger partial charge in [0.15, 0.2) is 0 Å². The Morgan fingerprint density at radius 1 is 1.25 bits per heavy atom. The SMILES string of the molecule is Cc1ccc(NC(=O)CC(O)c2cccc(F)c2)c(CN(C)C)c1. The van der Waals surface area contributed by atoms with Crippen molar-refractivity contribution in [2.45, 2.75) is 26.0 Å². The van der Waals surface area contributed by atoms with Crippen molar-refractivity contribution in [3.05, 3.63) is 65.0 Å². The number of halogens is 1. The van der Waals surface area contributed by atoms with Crippen molar-refractivity contribution in [3.63, 3.8) is 0 Å². The van der Waals surface area contributed by atoms with Crippen LogP contribution in [0.1, 0.15) is 29.2 Å². The number of hydrogen-bond acceptors (Lipinski definition) is 3. The van der Waals surface area contributed by atoms with E-state index in [4.69, 9.17) is 0 Å². The maximum Gasteiger partial charge on any atom is 0.227 e. The van der Waals surface area contributed by atoms with E-state index in [1.807, 2.05) is 44.1 Å². The third-order valence-electron chi connectivity index (χ3n) is 3.63. The summed E-state index contributed by atoms with van der Waals surface area (Å²) in [4.78, 5) is 14.2. The largest absolute Gasteiger partial charge is 0.388 e. The summed E-state index contributed by atoms with van der Waals surface area (Å²) in [6.07, 6.45) is -1.16. The summed E-state index contributed by atoms with van der Waals surface area (Å²) in [6, 6.07) is 11.5. The number of aryl methyl sites for hydroxylation is 1. The zero-order chi connectivity index (χ0) is 17.7. The van der Waals surface area contributed by atoms with E-state index in [1.54, 1.807) is 6.07 Å². The quantitative estimate of drug-likeness (QED) is 0.855. The Balaban J connectivity index is 2.07. The third kappa shape index (κ3) is 5.15. The number of rotatable bonds is 6. The van der Waals surface area contributed by atoms with Crippen LogP contribution in [0.25, 0.3) is 0 Å². The maximum atomic E-state index is 13.2. The van der Waals surface area contributed by atoms with Crippen molar-refractivity contribution in [1.29, 1.82) is 0 Å². The molecule has 1 atom stereocenters. The maximum absolute atomic E-state index is 13.2. The Hall–Kier alpha value is -2.24. The molecule has 0 saturated carbocycles. The van der Waals surface area contributed by atoms with Crippen LogP contribution in [0.3, 0.4) is 0 Å². The first kappa shape index (κ1) is 18.1. The zero-order valence-electron chi connectivity index (χ0n) is 14.2. The van der Waals surface area contributed by atoms with Crippen molar-refractivity contribution in [3.8, 4) is 0 Å². The molecule has 1 amide bonds. The standard InChI is InChI=1S/C19H23FN2O2/c1-13-7-8-17(15(9-13)12-22(2)3)21-19(24)11-18(23)14-5-4-6-16(20)10-14/h4-10,18,23H,11-12H2,1-3H3,(H,21,24). The number of benzene rings is 2. The van der Waals surface area contributed by atoms with E-state index in [9.17, 15) is 14.3 Å². The molecule has 0 aliphatic carbocycles. The zero-order valence-corrected chi connectivity index (χ0v) is 14.2. The Morgan fingerprint density at radius 3 is 2.67 bits per heavy atom. The van der Waals surface area contributed by atoms with Gasteiger partial charge in [-0.05, 0) is 50.3 Å². The van der Waals surface area contributed by atoms with Crippen molar-refractivity contribution >= 4 is 11.6 Å². The van der Waals surface area contributed by atoms with Gasteiger partial charge in [0, 0.05) is 12.2 Å². The van der Waals surface area contributed by atoms with E-state index in [2.05, 4.69) is 5.32 Å². The lowest BCUT2D eigenvalue weighted by Gasteiger charge is -2.17. The minimum Gasteiger partial charge on any atom is -0.388 e. The number of aliphatic hydroxyl groups excluding tert-OH is 1. The molecule has 0 bridgehead atoms. The van der Waals surface area contributed by atoms with Gasteiger partial charge in [0.2, 0.25) is 5.91 Å². The lowest BCUT2D eigenvalue weighted by Crippen LogP contribution is -2.18. The molecule has 4 nitrogen and oxygen atoms in total. The molecule has 2 aromatic rings. The molecular formula is C19H23FN2O2. The van der Waals surface area contributed by atoms with E-state index in [-0.39, 0.29) is 12.3 Å². The number of nitrogens with zero attached hydrogens (tertiary/aromatic N) is 1. The van der Waals surface area contributed by atoms with Gasteiger partial charge in [-0.25, -0.2) is 4.39 Å². The van der Waals surface area contributed by atoms with Gasteiger partial charge in [0.05, 0.1) is 12.5 Å². The normalized spacial score (nSPS) is 12.2. The molecule has 0 spiro atoms. The number of carbonyl (C=O) groups excluding carboxylic acids is 1. The average Bonchev–Trinajstić information content (AvgIpc) is 2.49. The second-order valence-electron chi connectivity index (χ2n) is 6.22.